The summed E-state index contributed by atoms with van der Waals surface area (Å²) >= 11 is 6.53. The quantitative estimate of drug-likeness (QED) is 0.667. The molecule has 0 aliphatic carbocycles. The van der Waals surface area contributed by atoms with Gasteiger partial charge >= 0.3 is 0 Å². The molecule has 0 radical (unpaired) electrons. The number of anilines is 2. The molecule has 2 aromatic carbocycles. The number of carbonyl (C=O) groups excluding carboxylic acids is 1. The third-order valence-electron chi connectivity index (χ3n) is 4.75. The maximum absolute atomic E-state index is 13.4. The van der Waals surface area contributed by atoms with E-state index < -0.39 is 0 Å². The lowest BCUT2D eigenvalue weighted by molar-refractivity contribution is -0.111. The molecular formula is C22H25ClFN3O2. The molecule has 1 aliphatic rings. The van der Waals surface area contributed by atoms with E-state index in [1.165, 1.54) is 18.2 Å². The largest absolute Gasteiger partial charge is 0.491 e. The van der Waals surface area contributed by atoms with Crippen LogP contribution >= 0.6 is 11.6 Å². The Labute approximate surface area is 175 Å². The van der Waals surface area contributed by atoms with E-state index in [1.54, 1.807) is 25.1 Å². The third kappa shape index (κ3) is 5.87. The molecule has 0 bridgehead atoms. The Morgan fingerprint density at radius 1 is 1.34 bits per heavy atom. The number of halogens is 2. The summed E-state index contributed by atoms with van der Waals surface area (Å²) in [6.45, 7) is 2.95. The van der Waals surface area contributed by atoms with Crippen molar-refractivity contribution < 1.29 is 13.9 Å². The van der Waals surface area contributed by atoms with Gasteiger partial charge in [-0.3, -0.25) is 4.79 Å². The zero-order valence-corrected chi connectivity index (χ0v) is 17.1. The van der Waals surface area contributed by atoms with E-state index in [-0.39, 0.29) is 17.8 Å². The van der Waals surface area contributed by atoms with Crippen LogP contribution in [0.15, 0.2) is 54.2 Å². The van der Waals surface area contributed by atoms with Gasteiger partial charge in [-0.05, 0) is 56.5 Å². The van der Waals surface area contributed by atoms with Crippen LogP contribution in [-0.4, -0.2) is 25.1 Å². The molecule has 5 nitrogen and oxygen atoms in total. The number of allylic oxidation sites excluding steroid dienone is 1. The molecule has 7 heteroatoms. The lowest BCUT2D eigenvalue weighted by Gasteiger charge is -2.38. The van der Waals surface area contributed by atoms with Crippen molar-refractivity contribution in [3.63, 3.8) is 0 Å². The SMILES string of the molecule is C/C(N)=C/C(=O)Nc1ccc(N2CCCCC2COc2cccc(F)c2)c(Cl)c1. The summed E-state index contributed by atoms with van der Waals surface area (Å²) in [4.78, 5) is 14.1. The second kappa shape index (κ2) is 9.65. The van der Waals surface area contributed by atoms with Gasteiger partial charge in [-0.15, -0.1) is 0 Å². The Bertz CT molecular complexity index is 899. The molecule has 1 amide bonds. The van der Waals surface area contributed by atoms with Crippen molar-refractivity contribution in [3.8, 4) is 5.75 Å². The molecule has 3 rings (SSSR count). The van der Waals surface area contributed by atoms with Gasteiger partial charge in [0.15, 0.2) is 0 Å². The monoisotopic (exact) mass is 417 g/mol. The van der Waals surface area contributed by atoms with Crippen LogP contribution in [0.4, 0.5) is 15.8 Å². The fourth-order valence-electron chi connectivity index (χ4n) is 3.44. The maximum atomic E-state index is 13.4. The third-order valence-corrected chi connectivity index (χ3v) is 5.05. The van der Waals surface area contributed by atoms with Gasteiger partial charge in [-0.1, -0.05) is 17.7 Å². The number of hydrogen-bond acceptors (Lipinski definition) is 4. The van der Waals surface area contributed by atoms with Crippen molar-refractivity contribution in [2.75, 3.05) is 23.4 Å². The summed E-state index contributed by atoms with van der Waals surface area (Å²) in [5, 5.41) is 3.30. The van der Waals surface area contributed by atoms with E-state index in [0.717, 1.165) is 31.5 Å². The van der Waals surface area contributed by atoms with Crippen molar-refractivity contribution in [1.82, 2.24) is 0 Å². The van der Waals surface area contributed by atoms with Gasteiger partial charge in [-0.25, -0.2) is 4.39 Å². The lowest BCUT2D eigenvalue weighted by Crippen LogP contribution is -2.43. The van der Waals surface area contributed by atoms with Gasteiger partial charge in [0, 0.05) is 30.1 Å². The Hall–Kier alpha value is -2.73. The van der Waals surface area contributed by atoms with Crippen molar-refractivity contribution in [1.29, 1.82) is 0 Å². The standard InChI is InChI=1S/C22H25ClFN3O2/c1-15(25)11-22(28)26-17-8-9-21(20(23)13-17)27-10-3-2-6-18(27)14-29-19-7-4-5-16(24)12-19/h4-5,7-9,11-13,18H,2-3,6,10,14,25H2,1H3,(H,26,28)/b15-11-. The normalized spacial score (nSPS) is 17.1. The van der Waals surface area contributed by atoms with Crippen LogP contribution in [0.1, 0.15) is 26.2 Å². The molecule has 1 unspecified atom stereocenters. The van der Waals surface area contributed by atoms with Crippen molar-refractivity contribution in [2.45, 2.75) is 32.2 Å². The van der Waals surface area contributed by atoms with Crippen molar-refractivity contribution in [3.05, 3.63) is 65.1 Å². The van der Waals surface area contributed by atoms with Crippen LogP contribution in [0.5, 0.6) is 5.75 Å². The van der Waals surface area contributed by atoms with E-state index in [1.807, 2.05) is 12.1 Å². The van der Waals surface area contributed by atoms with Gasteiger partial charge in [0.1, 0.15) is 18.2 Å². The second-order valence-corrected chi connectivity index (χ2v) is 7.56. The number of carbonyl (C=O) groups is 1. The Morgan fingerprint density at radius 2 is 2.17 bits per heavy atom. The first-order chi connectivity index (χ1) is 13.9. The zero-order chi connectivity index (χ0) is 20.8. The zero-order valence-electron chi connectivity index (χ0n) is 16.3. The van der Waals surface area contributed by atoms with Crippen LogP contribution in [0, 0.1) is 5.82 Å². The molecule has 154 valence electrons. The van der Waals surface area contributed by atoms with Crippen molar-refractivity contribution in [2.24, 2.45) is 5.73 Å². The summed E-state index contributed by atoms with van der Waals surface area (Å²) in [5.74, 6) is -0.0977. The number of nitrogens with two attached hydrogens (primary N) is 1. The molecule has 1 aliphatic heterocycles. The van der Waals surface area contributed by atoms with E-state index in [0.29, 0.717) is 28.8 Å². The van der Waals surface area contributed by atoms with E-state index in [9.17, 15) is 9.18 Å². The average Bonchev–Trinajstić information content (AvgIpc) is 2.66. The predicted octanol–water partition coefficient (Wildman–Crippen LogP) is 4.72. The highest BCUT2D eigenvalue weighted by molar-refractivity contribution is 6.33. The average molecular weight is 418 g/mol. The fourth-order valence-corrected chi connectivity index (χ4v) is 3.73. The summed E-state index contributed by atoms with van der Waals surface area (Å²) in [6.07, 6.45) is 4.45. The molecule has 3 N–H and O–H groups in total. The fraction of sp³-hybridized carbons (Fsp3) is 0.318. The van der Waals surface area contributed by atoms with Crippen LogP contribution in [0.2, 0.25) is 5.02 Å². The number of nitrogens with zero attached hydrogens (tertiary/aromatic N) is 1. The molecule has 1 atom stereocenters. The Balaban J connectivity index is 1.71. The number of hydrogen-bond donors (Lipinski definition) is 2. The Morgan fingerprint density at radius 3 is 2.90 bits per heavy atom. The smallest absolute Gasteiger partial charge is 0.250 e. The maximum Gasteiger partial charge on any atom is 0.250 e. The minimum Gasteiger partial charge on any atom is -0.491 e. The van der Waals surface area contributed by atoms with Gasteiger partial charge in [0.05, 0.1) is 16.8 Å². The van der Waals surface area contributed by atoms with E-state index in [4.69, 9.17) is 22.1 Å². The summed E-state index contributed by atoms with van der Waals surface area (Å²) in [5.41, 5.74) is 7.45. The molecule has 1 saturated heterocycles. The number of benzene rings is 2. The Kier molecular flexibility index (Phi) is 6.99. The highest BCUT2D eigenvalue weighted by Crippen LogP contribution is 2.33. The minimum atomic E-state index is -0.316. The molecule has 0 spiro atoms. The van der Waals surface area contributed by atoms with Gasteiger partial charge < -0.3 is 20.7 Å². The first-order valence-electron chi connectivity index (χ1n) is 9.61. The van der Waals surface area contributed by atoms with E-state index in [2.05, 4.69) is 10.2 Å². The molecular weight excluding hydrogens is 393 g/mol. The first-order valence-corrected chi connectivity index (χ1v) is 9.99. The minimum absolute atomic E-state index is 0.132. The summed E-state index contributed by atoms with van der Waals surface area (Å²) < 4.78 is 19.2. The number of piperidine rings is 1. The predicted molar refractivity (Wildman–Crippen MR) is 115 cm³/mol. The summed E-state index contributed by atoms with van der Waals surface area (Å²) in [7, 11) is 0. The molecule has 2 aromatic rings. The molecule has 0 saturated carbocycles. The first kappa shape index (κ1) is 21.0. The highest BCUT2D eigenvalue weighted by atomic mass is 35.5. The number of rotatable bonds is 6. The lowest BCUT2D eigenvalue weighted by atomic mass is 10.0. The van der Waals surface area contributed by atoms with Crippen molar-refractivity contribution >= 4 is 28.9 Å². The molecule has 29 heavy (non-hydrogen) atoms. The van der Waals surface area contributed by atoms with Gasteiger partial charge in [0.25, 0.3) is 0 Å². The topological polar surface area (TPSA) is 67.6 Å². The number of amides is 1. The van der Waals surface area contributed by atoms with Gasteiger partial charge in [-0.2, -0.15) is 0 Å². The summed E-state index contributed by atoms with van der Waals surface area (Å²) in [6, 6.07) is 11.7. The molecule has 0 aromatic heterocycles. The number of ether oxygens (including phenoxy) is 1. The second-order valence-electron chi connectivity index (χ2n) is 7.16. The van der Waals surface area contributed by atoms with Crippen LogP contribution in [0.25, 0.3) is 0 Å². The van der Waals surface area contributed by atoms with Crippen LogP contribution < -0.4 is 20.7 Å². The molecule has 1 fully saturated rings. The highest BCUT2D eigenvalue weighted by Gasteiger charge is 2.25. The van der Waals surface area contributed by atoms with Crippen LogP contribution in [-0.2, 0) is 4.79 Å². The van der Waals surface area contributed by atoms with E-state index >= 15 is 0 Å². The molecule has 1 heterocycles. The number of nitrogens with one attached hydrogen (secondary N) is 1. The van der Waals surface area contributed by atoms with Gasteiger partial charge in [0.2, 0.25) is 5.91 Å². The van der Waals surface area contributed by atoms with Crippen LogP contribution in [0.3, 0.4) is 0 Å².